The van der Waals surface area contributed by atoms with E-state index < -0.39 is 5.38 Å². The number of hydrogen-bond acceptors (Lipinski definition) is 2. The lowest BCUT2D eigenvalue weighted by atomic mass is 10.2. The third kappa shape index (κ3) is 3.00. The molecule has 4 heteroatoms. The molecule has 0 fully saturated rings. The van der Waals surface area contributed by atoms with Crippen LogP contribution in [0.5, 0.6) is 0 Å². The summed E-state index contributed by atoms with van der Waals surface area (Å²) in [4.78, 5) is 15.4. The van der Waals surface area contributed by atoms with Gasteiger partial charge in [-0.2, -0.15) is 0 Å². The molecule has 1 aromatic rings. The van der Waals surface area contributed by atoms with Gasteiger partial charge in [0.2, 0.25) is 5.91 Å². The number of nitrogens with zero attached hydrogens (tertiary/aromatic N) is 1. The minimum atomic E-state index is -0.513. The fourth-order valence-corrected chi connectivity index (χ4v) is 1.10. The number of aromatic nitrogens is 1. The van der Waals surface area contributed by atoms with Gasteiger partial charge in [0.05, 0.1) is 11.7 Å². The maximum atomic E-state index is 11.3. The van der Waals surface area contributed by atoms with E-state index in [2.05, 4.69) is 10.3 Å². The van der Waals surface area contributed by atoms with E-state index in [4.69, 9.17) is 11.6 Å². The summed E-state index contributed by atoms with van der Waals surface area (Å²) in [5.74, 6) is -0.176. The van der Waals surface area contributed by atoms with Crippen molar-refractivity contribution in [2.75, 3.05) is 0 Å². The first-order chi connectivity index (χ1) is 6.61. The van der Waals surface area contributed by atoms with Gasteiger partial charge in [-0.25, -0.2) is 0 Å². The van der Waals surface area contributed by atoms with Crippen molar-refractivity contribution in [2.45, 2.75) is 25.3 Å². The number of nitrogens with one attached hydrogen (secondary N) is 1. The quantitative estimate of drug-likeness (QED) is 0.778. The van der Waals surface area contributed by atoms with Crippen molar-refractivity contribution in [1.29, 1.82) is 0 Å². The summed E-state index contributed by atoms with van der Waals surface area (Å²) >= 11 is 5.63. The van der Waals surface area contributed by atoms with Crippen LogP contribution in [0.4, 0.5) is 0 Å². The molecule has 1 aromatic heterocycles. The maximum Gasteiger partial charge on any atom is 0.238 e. The van der Waals surface area contributed by atoms with Crippen molar-refractivity contribution < 1.29 is 4.79 Å². The first-order valence-corrected chi connectivity index (χ1v) is 4.90. The van der Waals surface area contributed by atoms with E-state index in [-0.39, 0.29) is 11.9 Å². The van der Waals surface area contributed by atoms with Crippen LogP contribution in [-0.2, 0) is 4.79 Å². The lowest BCUT2D eigenvalue weighted by Gasteiger charge is -2.13. The van der Waals surface area contributed by atoms with Crippen LogP contribution in [0.25, 0.3) is 0 Å². The fraction of sp³-hybridized carbons (Fsp3) is 0.400. The molecule has 3 nitrogen and oxygen atoms in total. The van der Waals surface area contributed by atoms with E-state index in [1.807, 2.05) is 25.1 Å². The monoisotopic (exact) mass is 212 g/mol. The third-order valence-corrected chi connectivity index (χ3v) is 2.05. The van der Waals surface area contributed by atoms with Crippen molar-refractivity contribution in [2.24, 2.45) is 0 Å². The predicted molar refractivity (Wildman–Crippen MR) is 56.1 cm³/mol. The minimum Gasteiger partial charge on any atom is -0.347 e. The van der Waals surface area contributed by atoms with Gasteiger partial charge in [-0.05, 0) is 26.0 Å². The molecule has 1 heterocycles. The molecule has 76 valence electrons. The number of amides is 1. The smallest absolute Gasteiger partial charge is 0.238 e. The van der Waals surface area contributed by atoms with Gasteiger partial charge in [0.25, 0.3) is 0 Å². The van der Waals surface area contributed by atoms with Crippen LogP contribution in [-0.4, -0.2) is 16.3 Å². The van der Waals surface area contributed by atoms with E-state index in [1.165, 1.54) is 0 Å². The fourth-order valence-electron chi connectivity index (χ4n) is 1.03. The molecule has 0 aliphatic carbocycles. The van der Waals surface area contributed by atoms with Gasteiger partial charge in [0, 0.05) is 6.20 Å². The van der Waals surface area contributed by atoms with E-state index >= 15 is 0 Å². The van der Waals surface area contributed by atoms with Crippen molar-refractivity contribution in [1.82, 2.24) is 10.3 Å². The Balaban J connectivity index is 2.59. The highest BCUT2D eigenvalue weighted by atomic mass is 35.5. The standard InChI is InChI=1S/C10H13ClN2O/c1-7(11)10(14)13-8(2)9-5-3-4-6-12-9/h3-8H,1-2H3,(H,13,14). The van der Waals surface area contributed by atoms with Crippen LogP contribution in [0.2, 0.25) is 0 Å². The molecular weight excluding hydrogens is 200 g/mol. The lowest BCUT2D eigenvalue weighted by Crippen LogP contribution is -2.32. The van der Waals surface area contributed by atoms with Gasteiger partial charge >= 0.3 is 0 Å². The number of carbonyl (C=O) groups excluding carboxylic acids is 1. The predicted octanol–water partition coefficient (Wildman–Crippen LogP) is 1.89. The minimum absolute atomic E-state index is 0.107. The molecule has 1 N–H and O–H groups in total. The van der Waals surface area contributed by atoms with Gasteiger partial charge in [0.15, 0.2) is 0 Å². The Morgan fingerprint density at radius 2 is 2.21 bits per heavy atom. The Hall–Kier alpha value is -1.09. The van der Waals surface area contributed by atoms with Crippen molar-refractivity contribution in [3.05, 3.63) is 30.1 Å². The average molecular weight is 213 g/mol. The number of hydrogen-bond donors (Lipinski definition) is 1. The second-order valence-electron chi connectivity index (χ2n) is 3.10. The molecule has 0 aromatic carbocycles. The van der Waals surface area contributed by atoms with Crippen LogP contribution in [0.1, 0.15) is 25.6 Å². The lowest BCUT2D eigenvalue weighted by molar-refractivity contribution is -0.121. The topological polar surface area (TPSA) is 42.0 Å². The van der Waals surface area contributed by atoms with Crippen LogP contribution in [0.3, 0.4) is 0 Å². The van der Waals surface area contributed by atoms with Gasteiger partial charge in [-0.3, -0.25) is 9.78 Å². The van der Waals surface area contributed by atoms with Crippen molar-refractivity contribution in [3.63, 3.8) is 0 Å². The molecule has 1 amide bonds. The van der Waals surface area contributed by atoms with Crippen LogP contribution in [0, 0.1) is 0 Å². The van der Waals surface area contributed by atoms with Crippen LogP contribution >= 0.6 is 11.6 Å². The molecule has 0 aliphatic heterocycles. The Labute approximate surface area is 88.5 Å². The molecule has 0 saturated carbocycles. The van der Waals surface area contributed by atoms with E-state index in [9.17, 15) is 4.79 Å². The van der Waals surface area contributed by atoms with Crippen LogP contribution in [0.15, 0.2) is 24.4 Å². The van der Waals surface area contributed by atoms with Crippen LogP contribution < -0.4 is 5.32 Å². The van der Waals surface area contributed by atoms with Gasteiger partial charge in [-0.15, -0.1) is 11.6 Å². The number of rotatable bonds is 3. The molecule has 0 aliphatic rings. The summed E-state index contributed by atoms with van der Waals surface area (Å²) in [6.07, 6.45) is 1.70. The molecule has 0 radical (unpaired) electrons. The summed E-state index contributed by atoms with van der Waals surface area (Å²) in [6.45, 7) is 3.52. The molecule has 2 unspecified atom stereocenters. The molecule has 14 heavy (non-hydrogen) atoms. The van der Waals surface area contributed by atoms with E-state index in [0.29, 0.717) is 0 Å². The van der Waals surface area contributed by atoms with E-state index in [1.54, 1.807) is 13.1 Å². The first kappa shape index (κ1) is 11.0. The van der Waals surface area contributed by atoms with Gasteiger partial charge < -0.3 is 5.32 Å². The Morgan fingerprint density at radius 3 is 2.71 bits per heavy atom. The van der Waals surface area contributed by atoms with Gasteiger partial charge in [0.1, 0.15) is 5.38 Å². The third-order valence-electron chi connectivity index (χ3n) is 1.85. The van der Waals surface area contributed by atoms with E-state index in [0.717, 1.165) is 5.69 Å². The number of alkyl halides is 1. The zero-order valence-corrected chi connectivity index (χ0v) is 8.95. The first-order valence-electron chi connectivity index (χ1n) is 4.46. The normalized spacial score (nSPS) is 14.5. The highest BCUT2D eigenvalue weighted by molar-refractivity contribution is 6.30. The zero-order chi connectivity index (χ0) is 10.6. The highest BCUT2D eigenvalue weighted by Gasteiger charge is 2.13. The second kappa shape index (κ2) is 4.96. The summed E-state index contributed by atoms with van der Waals surface area (Å²) in [5.41, 5.74) is 0.832. The summed E-state index contributed by atoms with van der Waals surface area (Å²) in [5, 5.41) is 2.25. The summed E-state index contributed by atoms with van der Waals surface area (Å²) in [6, 6.07) is 5.48. The second-order valence-corrected chi connectivity index (χ2v) is 3.76. The van der Waals surface area contributed by atoms with Gasteiger partial charge in [-0.1, -0.05) is 6.07 Å². The molecular formula is C10H13ClN2O. The molecule has 2 atom stereocenters. The maximum absolute atomic E-state index is 11.3. The number of halogens is 1. The Morgan fingerprint density at radius 1 is 1.50 bits per heavy atom. The highest BCUT2D eigenvalue weighted by Crippen LogP contribution is 2.08. The zero-order valence-electron chi connectivity index (χ0n) is 8.20. The summed E-state index contributed by atoms with van der Waals surface area (Å²) in [7, 11) is 0. The average Bonchev–Trinajstić information content (AvgIpc) is 2.19. The summed E-state index contributed by atoms with van der Waals surface area (Å²) < 4.78 is 0. The Bertz CT molecular complexity index is 300. The van der Waals surface area contributed by atoms with Crippen molar-refractivity contribution >= 4 is 17.5 Å². The number of carbonyl (C=O) groups is 1. The molecule has 1 rings (SSSR count). The molecule has 0 spiro atoms. The molecule has 0 bridgehead atoms. The number of pyridine rings is 1. The van der Waals surface area contributed by atoms with Crippen molar-refractivity contribution in [3.8, 4) is 0 Å². The molecule has 0 saturated heterocycles. The Kier molecular flexibility index (Phi) is 3.89. The SMILES string of the molecule is CC(Cl)C(=O)NC(C)c1ccccn1. The largest absolute Gasteiger partial charge is 0.347 e.